The highest BCUT2D eigenvalue weighted by molar-refractivity contribution is 6.11. The van der Waals surface area contributed by atoms with E-state index in [9.17, 15) is 39.9 Å². The van der Waals surface area contributed by atoms with Crippen LogP contribution in [0.25, 0.3) is 0 Å². The molecule has 12 nitrogen and oxygen atoms in total. The zero-order valence-corrected chi connectivity index (χ0v) is 20.8. The second-order valence-electron chi connectivity index (χ2n) is 8.36. The van der Waals surface area contributed by atoms with Crippen LogP contribution in [0.5, 0.6) is 34.5 Å². The van der Waals surface area contributed by atoms with E-state index in [-0.39, 0.29) is 39.5 Å². The molecular weight excluding hydrogens is 522 g/mol. The Labute approximate surface area is 226 Å². The second-order valence-corrected chi connectivity index (χ2v) is 8.36. The Hall–Kier alpha value is -5.91. The van der Waals surface area contributed by atoms with E-state index in [4.69, 9.17) is 4.74 Å². The number of anilines is 3. The van der Waals surface area contributed by atoms with Crippen molar-refractivity contribution in [2.45, 2.75) is 0 Å². The molecule has 4 aromatic carbocycles. The first-order valence-electron chi connectivity index (χ1n) is 11.6. The van der Waals surface area contributed by atoms with Gasteiger partial charge in [-0.15, -0.1) is 0 Å². The Balaban J connectivity index is 1.69. The number of carbonyl (C=O) groups excluding carboxylic acids is 3. The van der Waals surface area contributed by atoms with E-state index in [1.807, 2.05) is 0 Å². The number of hydrogen-bond donors (Lipinski definition) is 8. The Morgan fingerprint density at radius 3 is 1.27 bits per heavy atom. The SMILES string of the molecule is COc1cccc(C(=O)Nc2cc(NC(=O)c3cccc(O)c3O)cc(NC(=O)c3cccc(O)c3O)c2)c1O. The number of carbonyl (C=O) groups is 3. The summed E-state index contributed by atoms with van der Waals surface area (Å²) >= 11 is 0. The van der Waals surface area contributed by atoms with Crippen LogP contribution in [0.4, 0.5) is 17.1 Å². The molecule has 3 amide bonds. The number of aromatic hydroxyl groups is 5. The summed E-state index contributed by atoms with van der Waals surface area (Å²) in [4.78, 5) is 38.6. The van der Waals surface area contributed by atoms with E-state index in [0.717, 1.165) is 0 Å². The summed E-state index contributed by atoms with van der Waals surface area (Å²) in [5.41, 5.74) is -0.432. The average molecular weight is 546 g/mol. The minimum absolute atomic E-state index is 0.0517. The van der Waals surface area contributed by atoms with Crippen LogP contribution in [-0.4, -0.2) is 50.4 Å². The maximum atomic E-state index is 13.0. The van der Waals surface area contributed by atoms with Gasteiger partial charge in [-0.3, -0.25) is 14.4 Å². The van der Waals surface area contributed by atoms with Crippen LogP contribution in [0, 0.1) is 0 Å². The van der Waals surface area contributed by atoms with E-state index in [2.05, 4.69) is 16.0 Å². The highest BCUT2D eigenvalue weighted by Crippen LogP contribution is 2.33. The second kappa shape index (κ2) is 11.2. The third-order valence-corrected chi connectivity index (χ3v) is 5.69. The standard InChI is InChI=1S/C28H23N3O9/c1-40-22-10-4-7-19(25(22)36)28(39)31-16-12-14(29-26(37)17-5-2-8-20(32)23(17)34)11-15(13-16)30-27(38)18-6-3-9-21(33)24(18)35/h2-13,32-36H,1H3,(H,29,37)(H,30,38)(H,31,39). The lowest BCUT2D eigenvalue weighted by Crippen LogP contribution is -2.16. The van der Waals surface area contributed by atoms with Crippen molar-refractivity contribution in [1.29, 1.82) is 0 Å². The predicted molar refractivity (Wildman–Crippen MR) is 145 cm³/mol. The van der Waals surface area contributed by atoms with Crippen molar-refractivity contribution in [3.8, 4) is 34.5 Å². The number of ether oxygens (including phenoxy) is 1. The van der Waals surface area contributed by atoms with Crippen molar-refractivity contribution in [2.24, 2.45) is 0 Å². The molecule has 0 fully saturated rings. The van der Waals surface area contributed by atoms with Gasteiger partial charge in [0.05, 0.1) is 23.8 Å². The Kier molecular flexibility index (Phi) is 7.62. The number of methoxy groups -OCH3 is 1. The normalized spacial score (nSPS) is 10.4. The molecule has 0 aliphatic heterocycles. The van der Waals surface area contributed by atoms with Crippen molar-refractivity contribution in [3.05, 3.63) is 89.5 Å². The summed E-state index contributed by atoms with van der Waals surface area (Å²) < 4.78 is 5.03. The van der Waals surface area contributed by atoms with Crippen LogP contribution in [-0.2, 0) is 0 Å². The first kappa shape index (κ1) is 27.1. The molecule has 204 valence electrons. The van der Waals surface area contributed by atoms with E-state index in [1.165, 1.54) is 79.9 Å². The molecule has 0 spiro atoms. The number of amides is 3. The molecule has 0 bridgehead atoms. The molecule has 0 saturated carbocycles. The number of benzene rings is 4. The Morgan fingerprint density at radius 2 is 0.900 bits per heavy atom. The molecule has 0 unspecified atom stereocenters. The van der Waals surface area contributed by atoms with Gasteiger partial charge in [-0.25, -0.2) is 0 Å². The lowest BCUT2D eigenvalue weighted by Gasteiger charge is -2.15. The van der Waals surface area contributed by atoms with Gasteiger partial charge in [-0.2, -0.15) is 0 Å². The fraction of sp³-hybridized carbons (Fsp3) is 0.0357. The van der Waals surface area contributed by atoms with Gasteiger partial charge < -0.3 is 46.2 Å². The van der Waals surface area contributed by atoms with Gasteiger partial charge in [0.1, 0.15) is 0 Å². The summed E-state index contributed by atoms with van der Waals surface area (Å²) in [6.45, 7) is 0. The molecular formula is C28H23N3O9. The van der Waals surface area contributed by atoms with Crippen molar-refractivity contribution in [2.75, 3.05) is 23.1 Å². The van der Waals surface area contributed by atoms with Crippen molar-refractivity contribution >= 4 is 34.8 Å². The minimum Gasteiger partial charge on any atom is -0.504 e. The third-order valence-electron chi connectivity index (χ3n) is 5.69. The van der Waals surface area contributed by atoms with Crippen molar-refractivity contribution in [1.82, 2.24) is 0 Å². The summed E-state index contributed by atoms with van der Waals surface area (Å²) in [5, 5.41) is 57.5. The summed E-state index contributed by atoms with van der Waals surface area (Å²) in [7, 11) is 1.33. The number of hydrogen-bond acceptors (Lipinski definition) is 9. The minimum atomic E-state index is -0.815. The zero-order chi connectivity index (χ0) is 29.0. The highest BCUT2D eigenvalue weighted by atomic mass is 16.5. The lowest BCUT2D eigenvalue weighted by molar-refractivity contribution is 0.101. The van der Waals surface area contributed by atoms with Gasteiger partial charge in [-0.05, 0) is 54.6 Å². The number of phenols is 5. The molecule has 0 aromatic heterocycles. The van der Waals surface area contributed by atoms with Gasteiger partial charge >= 0.3 is 0 Å². The Bertz CT molecular complexity index is 1550. The van der Waals surface area contributed by atoms with Crippen LogP contribution < -0.4 is 20.7 Å². The molecule has 0 radical (unpaired) electrons. The molecule has 4 aromatic rings. The van der Waals surface area contributed by atoms with Gasteiger partial charge in [0.15, 0.2) is 34.5 Å². The van der Waals surface area contributed by atoms with Gasteiger partial charge in [-0.1, -0.05) is 18.2 Å². The maximum Gasteiger partial charge on any atom is 0.259 e. The van der Waals surface area contributed by atoms with E-state index in [0.29, 0.717) is 0 Å². The van der Waals surface area contributed by atoms with E-state index >= 15 is 0 Å². The smallest absolute Gasteiger partial charge is 0.259 e. The third kappa shape index (κ3) is 5.65. The molecule has 12 heteroatoms. The molecule has 0 atom stereocenters. The fourth-order valence-corrected chi connectivity index (χ4v) is 3.74. The van der Waals surface area contributed by atoms with Crippen LogP contribution in [0.3, 0.4) is 0 Å². The molecule has 4 rings (SSSR count). The van der Waals surface area contributed by atoms with Crippen LogP contribution in [0.15, 0.2) is 72.8 Å². The first-order valence-corrected chi connectivity index (χ1v) is 11.6. The van der Waals surface area contributed by atoms with Crippen molar-refractivity contribution in [3.63, 3.8) is 0 Å². The van der Waals surface area contributed by atoms with Crippen LogP contribution in [0.1, 0.15) is 31.1 Å². The summed E-state index contributed by atoms with van der Waals surface area (Å²) in [5.74, 6) is -5.02. The molecule has 0 saturated heterocycles. The number of nitrogens with one attached hydrogen (secondary N) is 3. The predicted octanol–water partition coefficient (Wildman–Crippen LogP) is 3.98. The monoisotopic (exact) mass is 545 g/mol. The molecule has 0 aliphatic rings. The number of rotatable bonds is 7. The number of para-hydroxylation sites is 3. The topological polar surface area (TPSA) is 198 Å². The molecule has 0 aliphatic carbocycles. The van der Waals surface area contributed by atoms with E-state index in [1.54, 1.807) is 0 Å². The molecule has 0 heterocycles. The zero-order valence-electron chi connectivity index (χ0n) is 20.8. The quantitative estimate of drug-likeness (QED) is 0.158. The molecule has 40 heavy (non-hydrogen) atoms. The van der Waals surface area contributed by atoms with Crippen LogP contribution >= 0.6 is 0 Å². The summed E-state index contributed by atoms with van der Waals surface area (Å²) in [6, 6.07) is 16.0. The average Bonchev–Trinajstić information content (AvgIpc) is 2.91. The largest absolute Gasteiger partial charge is 0.504 e. The highest BCUT2D eigenvalue weighted by Gasteiger charge is 2.19. The van der Waals surface area contributed by atoms with Crippen LogP contribution in [0.2, 0.25) is 0 Å². The summed E-state index contributed by atoms with van der Waals surface area (Å²) in [6.07, 6.45) is 0. The van der Waals surface area contributed by atoms with Gasteiger partial charge in [0, 0.05) is 17.1 Å². The van der Waals surface area contributed by atoms with Crippen molar-refractivity contribution < 1.29 is 44.7 Å². The van der Waals surface area contributed by atoms with Gasteiger partial charge in [0.25, 0.3) is 17.7 Å². The van der Waals surface area contributed by atoms with Gasteiger partial charge in [0.2, 0.25) is 0 Å². The number of phenolic OH excluding ortho intramolecular Hbond substituents is 5. The molecule has 8 N–H and O–H groups in total. The first-order chi connectivity index (χ1) is 19.1. The Morgan fingerprint density at radius 1 is 0.550 bits per heavy atom. The fourth-order valence-electron chi connectivity index (χ4n) is 3.74. The lowest BCUT2D eigenvalue weighted by atomic mass is 10.1. The van der Waals surface area contributed by atoms with E-state index < -0.39 is 46.5 Å². The maximum absolute atomic E-state index is 13.0.